The fourth-order valence-corrected chi connectivity index (χ4v) is 2.45. The van der Waals surface area contributed by atoms with Gasteiger partial charge in [-0.05, 0) is 42.0 Å². The van der Waals surface area contributed by atoms with Crippen molar-refractivity contribution in [2.24, 2.45) is 0 Å². The Morgan fingerprint density at radius 3 is 2.61 bits per heavy atom. The molecule has 5 heteroatoms. The predicted molar refractivity (Wildman–Crippen MR) is 93.7 cm³/mol. The van der Waals surface area contributed by atoms with E-state index in [1.54, 1.807) is 12.3 Å². The molecule has 4 nitrogen and oxygen atoms in total. The molecule has 114 valence electrons. The van der Waals surface area contributed by atoms with E-state index in [1.807, 2.05) is 48.5 Å². The summed E-state index contributed by atoms with van der Waals surface area (Å²) in [6.07, 6.45) is 6.30. The Hall–Kier alpha value is -2.66. The molecule has 0 aliphatic carbocycles. The molecule has 3 aromatic rings. The molecule has 1 heterocycles. The standard InChI is InChI=1S/C18H13BrN2O2/c19-16-4-2-1-3-13(16)7-10-18(22)21-15-8-5-14(6-9-15)17-11-20-12-23-17/h1-12H,(H,21,22)/b10-7+. The summed E-state index contributed by atoms with van der Waals surface area (Å²) in [5.41, 5.74) is 2.57. The Kier molecular flexibility index (Phi) is 4.68. The summed E-state index contributed by atoms with van der Waals surface area (Å²) >= 11 is 3.44. The average Bonchev–Trinajstić information content (AvgIpc) is 3.09. The summed E-state index contributed by atoms with van der Waals surface area (Å²) < 4.78 is 6.17. The van der Waals surface area contributed by atoms with Gasteiger partial charge in [0.1, 0.15) is 0 Å². The van der Waals surface area contributed by atoms with Gasteiger partial charge in [0, 0.05) is 21.8 Å². The highest BCUT2D eigenvalue weighted by molar-refractivity contribution is 9.10. The summed E-state index contributed by atoms with van der Waals surface area (Å²) in [5.74, 6) is 0.505. The first-order valence-electron chi connectivity index (χ1n) is 6.95. The molecule has 0 radical (unpaired) electrons. The SMILES string of the molecule is O=C(/C=C/c1ccccc1Br)Nc1ccc(-c2cnco2)cc1. The van der Waals surface area contributed by atoms with Gasteiger partial charge in [-0.25, -0.2) is 4.98 Å². The number of nitrogens with one attached hydrogen (secondary N) is 1. The fourth-order valence-electron chi connectivity index (χ4n) is 2.04. The molecule has 0 saturated heterocycles. The molecular formula is C18H13BrN2O2. The van der Waals surface area contributed by atoms with Crippen LogP contribution in [0.3, 0.4) is 0 Å². The topological polar surface area (TPSA) is 55.1 Å². The lowest BCUT2D eigenvalue weighted by atomic mass is 10.1. The van der Waals surface area contributed by atoms with Crippen molar-refractivity contribution in [2.45, 2.75) is 0 Å². The van der Waals surface area contributed by atoms with E-state index in [4.69, 9.17) is 4.42 Å². The van der Waals surface area contributed by atoms with E-state index in [1.165, 1.54) is 12.5 Å². The Morgan fingerprint density at radius 2 is 1.91 bits per heavy atom. The molecule has 1 N–H and O–H groups in total. The number of carbonyl (C=O) groups excluding carboxylic acids is 1. The fraction of sp³-hybridized carbons (Fsp3) is 0. The summed E-state index contributed by atoms with van der Waals surface area (Å²) in [6, 6.07) is 15.1. The minimum Gasteiger partial charge on any atom is -0.444 e. The van der Waals surface area contributed by atoms with Gasteiger partial charge in [0.15, 0.2) is 12.2 Å². The van der Waals surface area contributed by atoms with E-state index in [0.717, 1.165) is 21.3 Å². The second-order valence-corrected chi connectivity index (χ2v) is 5.64. The van der Waals surface area contributed by atoms with Crippen LogP contribution >= 0.6 is 15.9 Å². The van der Waals surface area contributed by atoms with Gasteiger partial charge in [0.2, 0.25) is 5.91 Å². The zero-order chi connectivity index (χ0) is 16.1. The lowest BCUT2D eigenvalue weighted by molar-refractivity contribution is -0.111. The summed E-state index contributed by atoms with van der Waals surface area (Å²) in [4.78, 5) is 15.8. The lowest BCUT2D eigenvalue weighted by Gasteiger charge is -2.03. The molecule has 0 saturated carbocycles. The quantitative estimate of drug-likeness (QED) is 0.675. The number of aromatic nitrogens is 1. The van der Waals surface area contributed by atoms with E-state index in [0.29, 0.717) is 5.76 Å². The number of anilines is 1. The van der Waals surface area contributed by atoms with Crippen LogP contribution in [0.25, 0.3) is 17.4 Å². The maximum atomic E-state index is 12.0. The smallest absolute Gasteiger partial charge is 0.248 e. The number of halogens is 1. The van der Waals surface area contributed by atoms with Crippen molar-refractivity contribution in [3.8, 4) is 11.3 Å². The minimum absolute atomic E-state index is 0.187. The van der Waals surface area contributed by atoms with Crippen LogP contribution in [0.5, 0.6) is 0 Å². The maximum absolute atomic E-state index is 12.0. The van der Waals surface area contributed by atoms with Crippen molar-refractivity contribution >= 4 is 33.6 Å². The Labute approximate surface area is 142 Å². The second kappa shape index (κ2) is 7.07. The third kappa shape index (κ3) is 3.96. The number of benzene rings is 2. The van der Waals surface area contributed by atoms with Crippen molar-refractivity contribution in [3.63, 3.8) is 0 Å². The van der Waals surface area contributed by atoms with Crippen molar-refractivity contribution in [1.82, 2.24) is 4.98 Å². The summed E-state index contributed by atoms with van der Waals surface area (Å²) in [6.45, 7) is 0. The molecule has 0 unspecified atom stereocenters. The minimum atomic E-state index is -0.187. The third-order valence-electron chi connectivity index (χ3n) is 3.19. The molecule has 23 heavy (non-hydrogen) atoms. The summed E-state index contributed by atoms with van der Waals surface area (Å²) in [7, 11) is 0. The monoisotopic (exact) mass is 368 g/mol. The number of hydrogen-bond acceptors (Lipinski definition) is 3. The van der Waals surface area contributed by atoms with Crippen LogP contribution in [-0.2, 0) is 4.79 Å². The molecule has 0 aliphatic heterocycles. The first-order chi connectivity index (χ1) is 11.2. The van der Waals surface area contributed by atoms with Crippen molar-refractivity contribution < 1.29 is 9.21 Å². The number of carbonyl (C=O) groups is 1. The largest absolute Gasteiger partial charge is 0.444 e. The van der Waals surface area contributed by atoms with Crippen LogP contribution in [0.1, 0.15) is 5.56 Å². The number of hydrogen-bond donors (Lipinski definition) is 1. The van der Waals surface area contributed by atoms with Crippen molar-refractivity contribution in [2.75, 3.05) is 5.32 Å². The predicted octanol–water partition coefficient (Wildman–Crippen LogP) is 4.76. The molecule has 3 rings (SSSR count). The van der Waals surface area contributed by atoms with Crippen LogP contribution < -0.4 is 5.32 Å². The van der Waals surface area contributed by atoms with Crippen LogP contribution in [0, 0.1) is 0 Å². The maximum Gasteiger partial charge on any atom is 0.248 e. The van der Waals surface area contributed by atoms with Crippen molar-refractivity contribution in [1.29, 1.82) is 0 Å². The molecular weight excluding hydrogens is 356 g/mol. The van der Waals surface area contributed by atoms with Gasteiger partial charge >= 0.3 is 0 Å². The highest BCUT2D eigenvalue weighted by Gasteiger charge is 2.03. The van der Waals surface area contributed by atoms with Gasteiger partial charge in [0.25, 0.3) is 0 Å². The normalized spacial score (nSPS) is 10.8. The number of oxazole rings is 1. The van der Waals surface area contributed by atoms with Crippen LogP contribution in [0.15, 0.2) is 76.1 Å². The number of rotatable bonds is 4. The second-order valence-electron chi connectivity index (χ2n) is 4.79. The number of nitrogens with zero attached hydrogens (tertiary/aromatic N) is 1. The van der Waals surface area contributed by atoms with Gasteiger partial charge < -0.3 is 9.73 Å². The van der Waals surface area contributed by atoms with Crippen LogP contribution in [0.4, 0.5) is 5.69 Å². The van der Waals surface area contributed by atoms with E-state index >= 15 is 0 Å². The molecule has 0 atom stereocenters. The van der Waals surface area contributed by atoms with Gasteiger partial charge in [-0.2, -0.15) is 0 Å². The molecule has 0 fully saturated rings. The van der Waals surface area contributed by atoms with Gasteiger partial charge in [-0.1, -0.05) is 34.1 Å². The first kappa shape index (κ1) is 15.2. The lowest BCUT2D eigenvalue weighted by Crippen LogP contribution is -2.07. The van der Waals surface area contributed by atoms with E-state index in [9.17, 15) is 4.79 Å². The zero-order valence-electron chi connectivity index (χ0n) is 12.1. The first-order valence-corrected chi connectivity index (χ1v) is 7.74. The van der Waals surface area contributed by atoms with Crippen LogP contribution in [0.2, 0.25) is 0 Å². The third-order valence-corrected chi connectivity index (χ3v) is 3.91. The Morgan fingerprint density at radius 1 is 1.13 bits per heavy atom. The van der Waals surface area contributed by atoms with Crippen LogP contribution in [-0.4, -0.2) is 10.9 Å². The molecule has 0 aliphatic rings. The van der Waals surface area contributed by atoms with Crippen molar-refractivity contribution in [3.05, 3.63) is 77.2 Å². The van der Waals surface area contributed by atoms with Gasteiger partial charge in [-0.3, -0.25) is 4.79 Å². The highest BCUT2D eigenvalue weighted by Crippen LogP contribution is 2.21. The highest BCUT2D eigenvalue weighted by atomic mass is 79.9. The molecule has 1 aromatic heterocycles. The Bertz CT molecular complexity index is 824. The molecule has 2 aromatic carbocycles. The molecule has 1 amide bonds. The molecule has 0 spiro atoms. The molecule has 0 bridgehead atoms. The summed E-state index contributed by atoms with van der Waals surface area (Å²) in [5, 5.41) is 2.82. The van der Waals surface area contributed by atoms with Gasteiger partial charge in [-0.15, -0.1) is 0 Å². The van der Waals surface area contributed by atoms with Gasteiger partial charge in [0.05, 0.1) is 6.20 Å². The Balaban J connectivity index is 1.65. The van der Waals surface area contributed by atoms with E-state index < -0.39 is 0 Å². The average molecular weight is 369 g/mol. The van der Waals surface area contributed by atoms with E-state index in [2.05, 4.69) is 26.2 Å². The number of amides is 1. The zero-order valence-corrected chi connectivity index (χ0v) is 13.7. The van der Waals surface area contributed by atoms with E-state index in [-0.39, 0.29) is 5.91 Å².